The lowest BCUT2D eigenvalue weighted by molar-refractivity contribution is -0.384. The van der Waals surface area contributed by atoms with Crippen molar-refractivity contribution in [3.05, 3.63) is 64.2 Å². The first-order chi connectivity index (χ1) is 13.3. The van der Waals surface area contributed by atoms with Crippen LogP contribution in [0.4, 0.5) is 11.4 Å². The number of sulfonamides is 1. The predicted molar refractivity (Wildman–Crippen MR) is 109 cm³/mol. The Morgan fingerprint density at radius 2 is 1.71 bits per heavy atom. The van der Waals surface area contributed by atoms with E-state index in [9.17, 15) is 18.5 Å². The summed E-state index contributed by atoms with van der Waals surface area (Å²) >= 11 is 0. The lowest BCUT2D eigenvalue weighted by atomic mass is 9.95. The topological polar surface area (TPSA) is 92.6 Å². The molecule has 1 unspecified atom stereocenters. The molecule has 28 heavy (non-hydrogen) atoms. The van der Waals surface area contributed by atoms with Crippen LogP contribution in [0, 0.1) is 16.0 Å². The molecule has 1 saturated heterocycles. The number of nitrogens with zero attached hydrogens (tertiary/aromatic N) is 2. The smallest absolute Gasteiger partial charge is 0.293 e. The molecule has 150 valence electrons. The Morgan fingerprint density at radius 1 is 1.07 bits per heavy atom. The van der Waals surface area contributed by atoms with Crippen LogP contribution < -0.4 is 5.32 Å². The van der Waals surface area contributed by atoms with Crippen molar-refractivity contribution in [2.75, 3.05) is 18.4 Å². The maximum Gasteiger partial charge on any atom is 0.293 e. The normalized spacial score (nSPS) is 16.2. The van der Waals surface area contributed by atoms with E-state index in [1.807, 2.05) is 44.2 Å². The van der Waals surface area contributed by atoms with Gasteiger partial charge in [0, 0.05) is 19.2 Å². The van der Waals surface area contributed by atoms with Crippen LogP contribution in [0.1, 0.15) is 38.3 Å². The van der Waals surface area contributed by atoms with Gasteiger partial charge in [0.15, 0.2) is 0 Å². The van der Waals surface area contributed by atoms with E-state index in [1.165, 1.54) is 22.5 Å². The number of anilines is 1. The van der Waals surface area contributed by atoms with Gasteiger partial charge in [-0.25, -0.2) is 8.42 Å². The third-order valence-corrected chi connectivity index (χ3v) is 6.90. The van der Waals surface area contributed by atoms with E-state index in [0.717, 1.165) is 18.4 Å². The summed E-state index contributed by atoms with van der Waals surface area (Å²) in [6.07, 6.45) is 1.63. The Bertz CT molecular complexity index is 939. The standard InChI is InChI=1S/C20H25N3O4S/c1-15(2)20(16-8-4-3-5-9-16)21-18-11-10-17(14-19(18)23(24)25)28(26,27)22-12-6-7-13-22/h3-5,8-11,14-15,20-21H,6-7,12-13H2,1-2H3. The van der Waals surface area contributed by atoms with Crippen molar-refractivity contribution in [2.45, 2.75) is 37.6 Å². The zero-order valence-corrected chi connectivity index (χ0v) is 16.9. The van der Waals surface area contributed by atoms with Crippen molar-refractivity contribution in [3.63, 3.8) is 0 Å². The number of hydrogen-bond donors (Lipinski definition) is 1. The Hall–Kier alpha value is -2.45. The highest BCUT2D eigenvalue weighted by molar-refractivity contribution is 7.89. The zero-order chi connectivity index (χ0) is 20.3. The third kappa shape index (κ3) is 4.18. The fourth-order valence-electron chi connectivity index (χ4n) is 3.49. The van der Waals surface area contributed by atoms with Gasteiger partial charge in [-0.05, 0) is 36.5 Å². The van der Waals surface area contributed by atoms with Crippen LogP contribution in [0.15, 0.2) is 53.4 Å². The van der Waals surface area contributed by atoms with Crippen LogP contribution >= 0.6 is 0 Å². The van der Waals surface area contributed by atoms with Gasteiger partial charge in [0.2, 0.25) is 10.0 Å². The highest BCUT2D eigenvalue weighted by Gasteiger charge is 2.30. The molecule has 1 N–H and O–H groups in total. The molecule has 8 heteroatoms. The summed E-state index contributed by atoms with van der Waals surface area (Å²) in [4.78, 5) is 11.1. The summed E-state index contributed by atoms with van der Waals surface area (Å²) in [5.74, 6) is 0.176. The fraction of sp³-hybridized carbons (Fsp3) is 0.400. The second kappa shape index (κ2) is 8.28. The molecule has 1 aliphatic heterocycles. The summed E-state index contributed by atoms with van der Waals surface area (Å²) in [6.45, 7) is 4.98. The first-order valence-electron chi connectivity index (χ1n) is 9.41. The fourth-order valence-corrected chi connectivity index (χ4v) is 5.02. The molecule has 0 amide bonds. The molecule has 0 bridgehead atoms. The molecule has 1 fully saturated rings. The lowest BCUT2D eigenvalue weighted by Crippen LogP contribution is -2.28. The monoisotopic (exact) mass is 403 g/mol. The Balaban J connectivity index is 1.96. The minimum atomic E-state index is -3.71. The number of nitro benzene ring substituents is 1. The largest absolute Gasteiger partial charge is 0.372 e. The van der Waals surface area contributed by atoms with E-state index < -0.39 is 14.9 Å². The van der Waals surface area contributed by atoms with Crippen molar-refractivity contribution < 1.29 is 13.3 Å². The van der Waals surface area contributed by atoms with Crippen molar-refractivity contribution in [2.24, 2.45) is 5.92 Å². The number of hydrogen-bond acceptors (Lipinski definition) is 5. The van der Waals surface area contributed by atoms with Gasteiger partial charge in [0.05, 0.1) is 15.9 Å². The molecule has 0 aromatic heterocycles. The molecular weight excluding hydrogens is 378 g/mol. The average Bonchev–Trinajstić information content (AvgIpc) is 3.22. The SMILES string of the molecule is CC(C)C(Nc1ccc(S(=O)(=O)N2CCCC2)cc1[N+](=O)[O-])c1ccccc1. The van der Waals surface area contributed by atoms with Crippen molar-refractivity contribution in [3.8, 4) is 0 Å². The molecule has 2 aromatic carbocycles. The molecule has 0 aliphatic carbocycles. The Morgan fingerprint density at radius 3 is 2.29 bits per heavy atom. The molecular formula is C20H25N3O4S. The highest BCUT2D eigenvalue weighted by Crippen LogP contribution is 2.34. The van der Waals surface area contributed by atoms with Gasteiger partial charge in [-0.15, -0.1) is 0 Å². The first-order valence-corrected chi connectivity index (χ1v) is 10.8. The van der Waals surface area contributed by atoms with E-state index in [1.54, 1.807) is 0 Å². The quantitative estimate of drug-likeness (QED) is 0.553. The molecule has 0 radical (unpaired) electrons. The molecule has 1 heterocycles. The molecule has 0 saturated carbocycles. The van der Waals surface area contributed by atoms with E-state index >= 15 is 0 Å². The molecule has 2 aromatic rings. The minimum absolute atomic E-state index is 0.0348. The number of nitrogens with one attached hydrogen (secondary N) is 1. The molecule has 7 nitrogen and oxygen atoms in total. The highest BCUT2D eigenvalue weighted by atomic mass is 32.2. The number of rotatable bonds is 7. The van der Waals surface area contributed by atoms with Crippen LogP contribution in [-0.2, 0) is 10.0 Å². The van der Waals surface area contributed by atoms with Crippen molar-refractivity contribution in [1.82, 2.24) is 4.31 Å². The van der Waals surface area contributed by atoms with Gasteiger partial charge in [0.1, 0.15) is 5.69 Å². The maximum atomic E-state index is 12.8. The van der Waals surface area contributed by atoms with Crippen LogP contribution in [0.5, 0.6) is 0 Å². The third-order valence-electron chi connectivity index (χ3n) is 5.01. The van der Waals surface area contributed by atoms with Gasteiger partial charge in [0.25, 0.3) is 5.69 Å². The molecule has 1 aliphatic rings. The second-order valence-corrected chi connectivity index (χ2v) is 9.26. The Kier molecular flexibility index (Phi) is 6.00. The molecule has 1 atom stereocenters. The summed E-state index contributed by atoms with van der Waals surface area (Å²) < 4.78 is 26.9. The predicted octanol–water partition coefficient (Wildman–Crippen LogP) is 4.19. The zero-order valence-electron chi connectivity index (χ0n) is 16.0. The lowest BCUT2D eigenvalue weighted by Gasteiger charge is -2.24. The van der Waals surface area contributed by atoms with E-state index in [0.29, 0.717) is 18.8 Å². The van der Waals surface area contributed by atoms with E-state index in [4.69, 9.17) is 0 Å². The van der Waals surface area contributed by atoms with E-state index in [-0.39, 0.29) is 22.5 Å². The Labute approximate surface area is 165 Å². The molecule has 0 spiro atoms. The molecule has 3 rings (SSSR count). The summed E-state index contributed by atoms with van der Waals surface area (Å²) in [7, 11) is -3.71. The van der Waals surface area contributed by atoms with Crippen LogP contribution in [0.25, 0.3) is 0 Å². The van der Waals surface area contributed by atoms with Crippen LogP contribution in [0.3, 0.4) is 0 Å². The number of benzene rings is 2. The van der Waals surface area contributed by atoms with Gasteiger partial charge >= 0.3 is 0 Å². The van der Waals surface area contributed by atoms with Gasteiger partial charge < -0.3 is 5.32 Å². The van der Waals surface area contributed by atoms with Gasteiger partial charge in [-0.2, -0.15) is 4.31 Å². The van der Waals surface area contributed by atoms with Gasteiger partial charge in [-0.1, -0.05) is 44.2 Å². The van der Waals surface area contributed by atoms with Crippen molar-refractivity contribution in [1.29, 1.82) is 0 Å². The average molecular weight is 404 g/mol. The van der Waals surface area contributed by atoms with Crippen LogP contribution in [-0.4, -0.2) is 30.7 Å². The van der Waals surface area contributed by atoms with Crippen molar-refractivity contribution >= 4 is 21.4 Å². The van der Waals surface area contributed by atoms with E-state index in [2.05, 4.69) is 5.32 Å². The van der Waals surface area contributed by atoms with Gasteiger partial charge in [-0.3, -0.25) is 10.1 Å². The summed E-state index contributed by atoms with van der Waals surface area (Å²) in [5.41, 5.74) is 1.09. The second-order valence-electron chi connectivity index (χ2n) is 7.32. The summed E-state index contributed by atoms with van der Waals surface area (Å²) in [5, 5.41) is 14.9. The minimum Gasteiger partial charge on any atom is -0.372 e. The summed E-state index contributed by atoms with van der Waals surface area (Å²) in [6, 6.07) is 13.7. The van der Waals surface area contributed by atoms with Crippen LogP contribution in [0.2, 0.25) is 0 Å². The first kappa shape index (κ1) is 20.3. The maximum absolute atomic E-state index is 12.8. The number of nitro groups is 1.